The van der Waals surface area contributed by atoms with Gasteiger partial charge in [-0.25, -0.2) is 9.78 Å². The summed E-state index contributed by atoms with van der Waals surface area (Å²) in [6.45, 7) is 2.37. The topological polar surface area (TPSA) is 76.1 Å². The van der Waals surface area contributed by atoms with Crippen LogP contribution in [0.3, 0.4) is 0 Å². The molecule has 180 valence electrons. The van der Waals surface area contributed by atoms with Crippen molar-refractivity contribution < 1.29 is 28.5 Å². The smallest absolute Gasteiger partial charge is 0.339 e. The Balaban J connectivity index is 1.61. The van der Waals surface area contributed by atoms with Gasteiger partial charge < -0.3 is 23.7 Å². The summed E-state index contributed by atoms with van der Waals surface area (Å²) in [4.78, 5) is 17.8. The summed E-state index contributed by atoms with van der Waals surface area (Å²) in [5.74, 6) is 1.74. The van der Waals surface area contributed by atoms with E-state index in [1.54, 1.807) is 39.5 Å². The number of aryl methyl sites for hydroxylation is 1. The Bertz CT molecular complexity index is 1310. The molecule has 3 aromatic carbocycles. The molecule has 0 saturated carbocycles. The molecule has 7 heteroatoms. The molecule has 0 aliphatic rings. The van der Waals surface area contributed by atoms with Crippen molar-refractivity contribution in [2.75, 3.05) is 34.5 Å². The molecular formula is C28H27NO6. The Labute approximate surface area is 204 Å². The number of carbonyl (C=O) groups excluding carboxylic acids is 1. The first-order valence-electron chi connectivity index (χ1n) is 11.1. The summed E-state index contributed by atoms with van der Waals surface area (Å²) < 4.78 is 27.6. The van der Waals surface area contributed by atoms with E-state index in [1.165, 1.54) is 0 Å². The Morgan fingerprint density at radius 3 is 2.17 bits per heavy atom. The minimum atomic E-state index is -0.454. The molecule has 4 rings (SSSR count). The monoisotopic (exact) mass is 473 g/mol. The number of fused-ring (bicyclic) bond motifs is 1. The van der Waals surface area contributed by atoms with Crippen LogP contribution >= 0.6 is 0 Å². The molecule has 1 aromatic heterocycles. The lowest BCUT2D eigenvalue weighted by atomic mass is 10.0. The summed E-state index contributed by atoms with van der Waals surface area (Å²) in [5, 5.41) is 0.702. The number of methoxy groups -OCH3 is 3. The number of para-hydroxylation sites is 1. The van der Waals surface area contributed by atoms with E-state index in [4.69, 9.17) is 28.7 Å². The maximum absolute atomic E-state index is 13.1. The fraction of sp³-hybridized carbons (Fsp3) is 0.214. The normalized spacial score (nSPS) is 10.6. The molecule has 35 heavy (non-hydrogen) atoms. The van der Waals surface area contributed by atoms with Crippen LogP contribution in [0.4, 0.5) is 0 Å². The summed E-state index contributed by atoms with van der Waals surface area (Å²) in [7, 11) is 4.65. The second-order valence-corrected chi connectivity index (χ2v) is 7.78. The molecule has 1 heterocycles. The second-order valence-electron chi connectivity index (χ2n) is 7.78. The summed E-state index contributed by atoms with van der Waals surface area (Å²) in [5.41, 5.74) is 3.51. The SMILES string of the molecule is COc1cc(-c2cc(C(=O)OCCOc3ccc(C)cc3)c3ccccc3n2)cc(OC)c1OC. The molecule has 0 amide bonds. The van der Waals surface area contributed by atoms with Gasteiger partial charge in [0.05, 0.1) is 38.1 Å². The van der Waals surface area contributed by atoms with E-state index in [2.05, 4.69) is 0 Å². The summed E-state index contributed by atoms with van der Waals surface area (Å²) in [6.07, 6.45) is 0. The lowest BCUT2D eigenvalue weighted by Gasteiger charge is -2.15. The van der Waals surface area contributed by atoms with Gasteiger partial charge in [-0.05, 0) is 43.3 Å². The molecule has 0 fully saturated rings. The third-order valence-electron chi connectivity index (χ3n) is 5.50. The third kappa shape index (κ3) is 5.30. The number of nitrogens with zero attached hydrogens (tertiary/aromatic N) is 1. The maximum Gasteiger partial charge on any atom is 0.339 e. The van der Waals surface area contributed by atoms with E-state index in [-0.39, 0.29) is 13.2 Å². The highest BCUT2D eigenvalue weighted by atomic mass is 16.6. The number of benzene rings is 3. The molecule has 0 atom stereocenters. The lowest BCUT2D eigenvalue weighted by Crippen LogP contribution is -2.13. The van der Waals surface area contributed by atoms with Crippen LogP contribution in [-0.4, -0.2) is 45.5 Å². The van der Waals surface area contributed by atoms with E-state index in [0.29, 0.717) is 45.0 Å². The van der Waals surface area contributed by atoms with Crippen molar-refractivity contribution in [3.63, 3.8) is 0 Å². The highest BCUT2D eigenvalue weighted by Crippen LogP contribution is 2.41. The van der Waals surface area contributed by atoms with Gasteiger partial charge in [-0.15, -0.1) is 0 Å². The van der Waals surface area contributed by atoms with E-state index in [0.717, 1.165) is 11.3 Å². The quantitative estimate of drug-likeness (QED) is 0.236. The number of carbonyl (C=O) groups is 1. The maximum atomic E-state index is 13.1. The summed E-state index contributed by atoms with van der Waals surface area (Å²) in [6, 6.07) is 20.4. The zero-order chi connectivity index (χ0) is 24.8. The van der Waals surface area contributed by atoms with Gasteiger partial charge in [0.1, 0.15) is 19.0 Å². The number of rotatable bonds is 9. The number of hydrogen-bond donors (Lipinski definition) is 0. The molecule has 0 unspecified atom stereocenters. The Morgan fingerprint density at radius 1 is 0.829 bits per heavy atom. The van der Waals surface area contributed by atoms with Crippen LogP contribution < -0.4 is 18.9 Å². The molecule has 0 bridgehead atoms. The van der Waals surface area contributed by atoms with Crippen molar-refractivity contribution in [3.05, 3.63) is 77.9 Å². The zero-order valence-corrected chi connectivity index (χ0v) is 20.2. The van der Waals surface area contributed by atoms with Crippen molar-refractivity contribution in [1.82, 2.24) is 4.98 Å². The molecule has 0 radical (unpaired) electrons. The van der Waals surface area contributed by atoms with Crippen LogP contribution in [0.25, 0.3) is 22.2 Å². The molecule has 0 saturated heterocycles. The minimum Gasteiger partial charge on any atom is -0.493 e. The molecule has 0 aliphatic heterocycles. The standard InChI is InChI=1S/C28H27NO6/c1-18-9-11-20(12-10-18)34-13-14-35-28(30)22-17-24(29-23-8-6-5-7-21(22)23)19-15-25(31-2)27(33-4)26(16-19)32-3/h5-12,15-17H,13-14H2,1-4H3. The van der Waals surface area contributed by atoms with Crippen molar-refractivity contribution in [3.8, 4) is 34.3 Å². The van der Waals surface area contributed by atoms with Crippen LogP contribution in [0.15, 0.2) is 66.7 Å². The number of aromatic nitrogens is 1. The zero-order valence-electron chi connectivity index (χ0n) is 20.2. The van der Waals surface area contributed by atoms with E-state index in [9.17, 15) is 4.79 Å². The van der Waals surface area contributed by atoms with Crippen LogP contribution in [0.2, 0.25) is 0 Å². The molecule has 0 aliphatic carbocycles. The lowest BCUT2D eigenvalue weighted by molar-refractivity contribution is 0.0452. The molecule has 0 N–H and O–H groups in total. The predicted octanol–water partition coefficient (Wildman–Crippen LogP) is 5.47. The number of ether oxygens (including phenoxy) is 5. The van der Waals surface area contributed by atoms with Gasteiger partial charge in [0.15, 0.2) is 11.5 Å². The highest BCUT2D eigenvalue weighted by molar-refractivity contribution is 6.04. The van der Waals surface area contributed by atoms with E-state index >= 15 is 0 Å². The van der Waals surface area contributed by atoms with Crippen LogP contribution in [-0.2, 0) is 4.74 Å². The number of hydrogen-bond acceptors (Lipinski definition) is 7. The van der Waals surface area contributed by atoms with Gasteiger partial charge in [0.25, 0.3) is 0 Å². The van der Waals surface area contributed by atoms with Gasteiger partial charge in [-0.3, -0.25) is 0 Å². The molecule has 0 spiro atoms. The third-order valence-corrected chi connectivity index (χ3v) is 5.50. The average molecular weight is 474 g/mol. The molecule has 7 nitrogen and oxygen atoms in total. The van der Waals surface area contributed by atoms with Crippen molar-refractivity contribution in [1.29, 1.82) is 0 Å². The minimum absolute atomic E-state index is 0.114. The van der Waals surface area contributed by atoms with Crippen molar-refractivity contribution in [2.24, 2.45) is 0 Å². The van der Waals surface area contributed by atoms with Gasteiger partial charge >= 0.3 is 5.97 Å². The van der Waals surface area contributed by atoms with E-state index in [1.807, 2.05) is 55.5 Å². The first kappa shape index (κ1) is 23.9. The van der Waals surface area contributed by atoms with Crippen LogP contribution in [0, 0.1) is 6.92 Å². The predicted molar refractivity (Wildman–Crippen MR) is 134 cm³/mol. The Kier molecular flexibility index (Phi) is 7.35. The second kappa shape index (κ2) is 10.8. The fourth-order valence-electron chi connectivity index (χ4n) is 3.73. The average Bonchev–Trinajstić information content (AvgIpc) is 2.90. The van der Waals surface area contributed by atoms with E-state index < -0.39 is 5.97 Å². The molecular weight excluding hydrogens is 446 g/mol. The Hall–Kier alpha value is -4.26. The fourth-order valence-corrected chi connectivity index (χ4v) is 3.73. The first-order chi connectivity index (χ1) is 17.0. The first-order valence-corrected chi connectivity index (χ1v) is 11.1. The number of esters is 1. The van der Waals surface area contributed by atoms with Crippen LogP contribution in [0.5, 0.6) is 23.0 Å². The van der Waals surface area contributed by atoms with Gasteiger partial charge in [-0.1, -0.05) is 35.9 Å². The van der Waals surface area contributed by atoms with Crippen molar-refractivity contribution in [2.45, 2.75) is 6.92 Å². The molecule has 4 aromatic rings. The van der Waals surface area contributed by atoms with Gasteiger partial charge in [-0.2, -0.15) is 0 Å². The summed E-state index contributed by atoms with van der Waals surface area (Å²) >= 11 is 0. The Morgan fingerprint density at radius 2 is 1.51 bits per heavy atom. The largest absolute Gasteiger partial charge is 0.493 e. The van der Waals surface area contributed by atoms with Gasteiger partial charge in [0, 0.05) is 10.9 Å². The van der Waals surface area contributed by atoms with Crippen molar-refractivity contribution >= 4 is 16.9 Å². The number of pyridine rings is 1. The van der Waals surface area contributed by atoms with Gasteiger partial charge in [0.2, 0.25) is 5.75 Å². The highest BCUT2D eigenvalue weighted by Gasteiger charge is 2.19. The van der Waals surface area contributed by atoms with Crippen LogP contribution in [0.1, 0.15) is 15.9 Å².